The van der Waals surface area contributed by atoms with Crippen molar-refractivity contribution in [1.82, 2.24) is 14.5 Å². The molecule has 3 aromatic rings. The second-order valence-electron chi connectivity index (χ2n) is 4.34. The number of rotatable bonds is 4. The van der Waals surface area contributed by atoms with Gasteiger partial charge in [0.1, 0.15) is 12.4 Å². The van der Waals surface area contributed by atoms with Gasteiger partial charge in [0.15, 0.2) is 5.13 Å². The summed E-state index contributed by atoms with van der Waals surface area (Å²) < 4.78 is 1.96. The Morgan fingerprint density at radius 1 is 1.40 bits per heavy atom. The fourth-order valence-electron chi connectivity index (χ4n) is 2.16. The Hall–Kier alpha value is -2.21. The summed E-state index contributed by atoms with van der Waals surface area (Å²) in [4.78, 5) is 20.7. The van der Waals surface area contributed by atoms with Gasteiger partial charge < -0.3 is 9.88 Å². The molecule has 0 saturated carbocycles. The van der Waals surface area contributed by atoms with E-state index in [-0.39, 0.29) is 12.5 Å². The van der Waals surface area contributed by atoms with Gasteiger partial charge in [-0.15, -0.1) is 11.3 Å². The van der Waals surface area contributed by atoms with Gasteiger partial charge in [-0.1, -0.05) is 19.1 Å². The third-order valence-electron chi connectivity index (χ3n) is 3.03. The third kappa shape index (κ3) is 2.42. The van der Waals surface area contributed by atoms with Crippen LogP contribution in [0.25, 0.3) is 11.0 Å². The molecule has 0 aliphatic heterocycles. The number of carbonyl (C=O) groups excluding carboxylic acids is 1. The van der Waals surface area contributed by atoms with E-state index in [0.29, 0.717) is 5.13 Å². The summed E-state index contributed by atoms with van der Waals surface area (Å²) in [5.41, 5.74) is 1.91. The standard InChI is InChI=1S/C14H14N4OS/c1-2-12-16-10-5-3-4-6-11(10)18(12)9-13(19)17-14-15-7-8-20-14/h3-8H,2,9H2,1H3,(H,15,17,19). The molecule has 3 rings (SSSR count). The minimum atomic E-state index is -0.0854. The number of para-hydroxylation sites is 2. The topological polar surface area (TPSA) is 59.8 Å². The number of thiazole rings is 1. The Morgan fingerprint density at radius 2 is 2.25 bits per heavy atom. The molecule has 0 aliphatic rings. The molecule has 2 heterocycles. The molecule has 0 saturated heterocycles. The van der Waals surface area contributed by atoms with Crippen LogP contribution in [0.5, 0.6) is 0 Å². The van der Waals surface area contributed by atoms with Crippen molar-refractivity contribution >= 4 is 33.4 Å². The van der Waals surface area contributed by atoms with E-state index in [9.17, 15) is 4.79 Å². The fraction of sp³-hybridized carbons (Fsp3) is 0.214. The Morgan fingerprint density at radius 3 is 3.00 bits per heavy atom. The molecule has 1 N–H and O–H groups in total. The predicted octanol–water partition coefficient (Wildman–Crippen LogP) is 2.69. The lowest BCUT2D eigenvalue weighted by Gasteiger charge is -2.07. The first kappa shape index (κ1) is 12.8. The molecule has 1 aromatic carbocycles. The molecule has 2 aromatic heterocycles. The molecule has 0 spiro atoms. The van der Waals surface area contributed by atoms with Crippen LogP contribution in [-0.4, -0.2) is 20.4 Å². The van der Waals surface area contributed by atoms with E-state index in [2.05, 4.69) is 15.3 Å². The Bertz CT molecular complexity index is 733. The SMILES string of the molecule is CCc1nc2ccccc2n1CC(=O)Nc1nccs1. The van der Waals surface area contributed by atoms with Gasteiger partial charge >= 0.3 is 0 Å². The molecule has 6 heteroatoms. The maximum Gasteiger partial charge on any atom is 0.246 e. The Balaban J connectivity index is 1.88. The van der Waals surface area contributed by atoms with Crippen molar-refractivity contribution in [2.45, 2.75) is 19.9 Å². The molecular weight excluding hydrogens is 272 g/mol. The number of benzene rings is 1. The van der Waals surface area contributed by atoms with Crippen LogP contribution in [-0.2, 0) is 17.8 Å². The van der Waals surface area contributed by atoms with E-state index >= 15 is 0 Å². The van der Waals surface area contributed by atoms with Crippen LogP contribution in [0.15, 0.2) is 35.8 Å². The van der Waals surface area contributed by atoms with E-state index in [1.54, 1.807) is 6.20 Å². The highest BCUT2D eigenvalue weighted by Gasteiger charge is 2.12. The molecule has 0 radical (unpaired) electrons. The zero-order valence-electron chi connectivity index (χ0n) is 11.0. The van der Waals surface area contributed by atoms with Crippen LogP contribution in [0.4, 0.5) is 5.13 Å². The lowest BCUT2D eigenvalue weighted by Crippen LogP contribution is -2.19. The van der Waals surface area contributed by atoms with Gasteiger partial charge in [0.05, 0.1) is 11.0 Å². The first-order chi connectivity index (χ1) is 9.78. The Kier molecular flexibility index (Phi) is 3.47. The van der Waals surface area contributed by atoms with Crippen LogP contribution in [0.2, 0.25) is 0 Å². The number of carbonyl (C=O) groups is 1. The second kappa shape index (κ2) is 5.42. The van der Waals surface area contributed by atoms with Crippen molar-refractivity contribution in [3.05, 3.63) is 41.7 Å². The zero-order chi connectivity index (χ0) is 13.9. The monoisotopic (exact) mass is 286 g/mol. The molecule has 1 amide bonds. The average Bonchev–Trinajstić information content (AvgIpc) is 3.07. The highest BCUT2D eigenvalue weighted by Crippen LogP contribution is 2.17. The maximum atomic E-state index is 12.1. The summed E-state index contributed by atoms with van der Waals surface area (Å²) in [6.45, 7) is 2.29. The van der Waals surface area contributed by atoms with Crippen molar-refractivity contribution in [2.24, 2.45) is 0 Å². The number of aryl methyl sites for hydroxylation is 1. The summed E-state index contributed by atoms with van der Waals surface area (Å²) in [6.07, 6.45) is 2.46. The van der Waals surface area contributed by atoms with Gasteiger partial charge in [0.2, 0.25) is 5.91 Å². The van der Waals surface area contributed by atoms with E-state index in [4.69, 9.17) is 0 Å². The van der Waals surface area contributed by atoms with Crippen LogP contribution in [0.3, 0.4) is 0 Å². The molecular formula is C14H14N4OS. The van der Waals surface area contributed by atoms with Gasteiger partial charge in [-0.05, 0) is 12.1 Å². The molecule has 5 nitrogen and oxygen atoms in total. The van der Waals surface area contributed by atoms with Gasteiger partial charge in [-0.3, -0.25) is 4.79 Å². The number of nitrogens with zero attached hydrogens (tertiary/aromatic N) is 3. The minimum absolute atomic E-state index is 0.0854. The summed E-state index contributed by atoms with van der Waals surface area (Å²) in [5.74, 6) is 0.832. The van der Waals surface area contributed by atoms with Crippen LogP contribution in [0, 0.1) is 0 Å². The van der Waals surface area contributed by atoms with Gasteiger partial charge in [-0.2, -0.15) is 0 Å². The van der Waals surface area contributed by atoms with E-state index in [0.717, 1.165) is 23.3 Å². The first-order valence-corrected chi connectivity index (χ1v) is 7.29. The van der Waals surface area contributed by atoms with E-state index < -0.39 is 0 Å². The number of imidazole rings is 1. The number of hydrogen-bond acceptors (Lipinski definition) is 4. The number of hydrogen-bond donors (Lipinski definition) is 1. The molecule has 0 fully saturated rings. The molecule has 0 bridgehead atoms. The number of anilines is 1. The van der Waals surface area contributed by atoms with Crippen molar-refractivity contribution in [3.8, 4) is 0 Å². The van der Waals surface area contributed by atoms with Gasteiger partial charge in [-0.25, -0.2) is 9.97 Å². The summed E-state index contributed by atoms with van der Waals surface area (Å²) in [6, 6.07) is 7.86. The highest BCUT2D eigenvalue weighted by atomic mass is 32.1. The normalized spacial score (nSPS) is 10.8. The van der Waals surface area contributed by atoms with Crippen LogP contribution < -0.4 is 5.32 Å². The molecule has 0 unspecified atom stereocenters. The fourth-order valence-corrected chi connectivity index (χ4v) is 2.70. The zero-order valence-corrected chi connectivity index (χ0v) is 11.9. The molecule has 102 valence electrons. The highest BCUT2D eigenvalue weighted by molar-refractivity contribution is 7.13. The van der Waals surface area contributed by atoms with Crippen LogP contribution >= 0.6 is 11.3 Å². The lowest BCUT2D eigenvalue weighted by atomic mass is 10.3. The van der Waals surface area contributed by atoms with Crippen molar-refractivity contribution < 1.29 is 4.79 Å². The largest absolute Gasteiger partial charge is 0.318 e. The van der Waals surface area contributed by atoms with E-state index in [1.807, 2.05) is 41.1 Å². The molecule has 20 heavy (non-hydrogen) atoms. The van der Waals surface area contributed by atoms with Crippen LogP contribution in [0.1, 0.15) is 12.7 Å². The van der Waals surface area contributed by atoms with E-state index in [1.165, 1.54) is 11.3 Å². The number of fused-ring (bicyclic) bond motifs is 1. The van der Waals surface area contributed by atoms with Crippen molar-refractivity contribution in [1.29, 1.82) is 0 Å². The second-order valence-corrected chi connectivity index (χ2v) is 5.24. The minimum Gasteiger partial charge on any atom is -0.318 e. The maximum absolute atomic E-state index is 12.1. The number of nitrogens with one attached hydrogen (secondary N) is 1. The Labute approximate surface area is 120 Å². The third-order valence-corrected chi connectivity index (χ3v) is 3.72. The van der Waals surface area contributed by atoms with Gasteiger partial charge in [0.25, 0.3) is 0 Å². The van der Waals surface area contributed by atoms with Crippen molar-refractivity contribution in [2.75, 3.05) is 5.32 Å². The van der Waals surface area contributed by atoms with Gasteiger partial charge in [0, 0.05) is 18.0 Å². The smallest absolute Gasteiger partial charge is 0.246 e. The average molecular weight is 286 g/mol. The number of aromatic nitrogens is 3. The molecule has 0 atom stereocenters. The molecule has 0 aliphatic carbocycles. The summed E-state index contributed by atoms with van der Waals surface area (Å²) in [5, 5.41) is 5.25. The number of amides is 1. The quantitative estimate of drug-likeness (QED) is 0.802. The van der Waals surface area contributed by atoms with Crippen molar-refractivity contribution in [3.63, 3.8) is 0 Å². The predicted molar refractivity (Wildman–Crippen MR) is 79.9 cm³/mol. The summed E-state index contributed by atoms with van der Waals surface area (Å²) >= 11 is 1.41. The first-order valence-electron chi connectivity index (χ1n) is 6.41. The summed E-state index contributed by atoms with van der Waals surface area (Å²) in [7, 11) is 0. The lowest BCUT2D eigenvalue weighted by molar-refractivity contribution is -0.116.